The van der Waals surface area contributed by atoms with E-state index in [2.05, 4.69) is 24.1 Å². The van der Waals surface area contributed by atoms with E-state index in [0.717, 1.165) is 6.54 Å². The Bertz CT molecular complexity index is 158. The van der Waals surface area contributed by atoms with E-state index in [-0.39, 0.29) is 0 Å². The molecule has 3 nitrogen and oxygen atoms in total. The standard InChI is InChI=1S/C12H26N2O/c1-4-8-14(9-11(2)15-3)10-12-6-5-7-13-12/h11-13H,4-10H2,1-3H3. The van der Waals surface area contributed by atoms with Crippen LogP contribution in [0.2, 0.25) is 0 Å². The van der Waals surface area contributed by atoms with E-state index in [1.54, 1.807) is 7.11 Å². The van der Waals surface area contributed by atoms with Crippen molar-refractivity contribution in [2.45, 2.75) is 45.3 Å². The summed E-state index contributed by atoms with van der Waals surface area (Å²) in [4.78, 5) is 2.52. The molecule has 0 saturated carbocycles. The molecule has 1 saturated heterocycles. The van der Waals surface area contributed by atoms with Crippen molar-refractivity contribution in [2.75, 3.05) is 33.3 Å². The lowest BCUT2D eigenvalue weighted by Gasteiger charge is -2.27. The minimum atomic E-state index is 0.345. The van der Waals surface area contributed by atoms with Gasteiger partial charge in [-0.2, -0.15) is 0 Å². The van der Waals surface area contributed by atoms with Crippen LogP contribution in [0, 0.1) is 0 Å². The highest BCUT2D eigenvalue weighted by Gasteiger charge is 2.18. The quantitative estimate of drug-likeness (QED) is 0.695. The zero-order valence-corrected chi connectivity index (χ0v) is 10.5. The maximum Gasteiger partial charge on any atom is 0.0670 e. The summed E-state index contributed by atoms with van der Waals surface area (Å²) in [6.07, 6.45) is 4.24. The number of ether oxygens (including phenoxy) is 1. The van der Waals surface area contributed by atoms with Crippen molar-refractivity contribution in [1.82, 2.24) is 10.2 Å². The van der Waals surface area contributed by atoms with Gasteiger partial charge in [0.2, 0.25) is 0 Å². The van der Waals surface area contributed by atoms with Crippen molar-refractivity contribution in [3.8, 4) is 0 Å². The van der Waals surface area contributed by atoms with Crippen molar-refractivity contribution in [2.24, 2.45) is 0 Å². The molecule has 0 bridgehead atoms. The van der Waals surface area contributed by atoms with Gasteiger partial charge in [0.1, 0.15) is 0 Å². The molecule has 0 radical (unpaired) electrons. The minimum Gasteiger partial charge on any atom is -0.380 e. The molecular weight excluding hydrogens is 188 g/mol. The van der Waals surface area contributed by atoms with Gasteiger partial charge in [-0.1, -0.05) is 6.92 Å². The van der Waals surface area contributed by atoms with Crippen LogP contribution in [-0.4, -0.2) is 50.3 Å². The van der Waals surface area contributed by atoms with Crippen LogP contribution in [0.15, 0.2) is 0 Å². The third-order valence-corrected chi connectivity index (χ3v) is 3.10. The van der Waals surface area contributed by atoms with E-state index in [0.29, 0.717) is 12.1 Å². The molecule has 15 heavy (non-hydrogen) atoms. The molecule has 0 aromatic heterocycles. The maximum absolute atomic E-state index is 5.33. The number of rotatable bonds is 7. The molecule has 1 fully saturated rings. The lowest BCUT2D eigenvalue weighted by molar-refractivity contribution is 0.0740. The van der Waals surface area contributed by atoms with Crippen LogP contribution in [0.1, 0.15) is 33.1 Å². The first-order chi connectivity index (χ1) is 7.26. The SMILES string of the molecule is CCCN(CC1CCCN1)CC(C)OC. The summed E-state index contributed by atoms with van der Waals surface area (Å²) in [5.74, 6) is 0. The topological polar surface area (TPSA) is 24.5 Å². The van der Waals surface area contributed by atoms with E-state index in [1.165, 1.54) is 38.9 Å². The number of hydrogen-bond donors (Lipinski definition) is 1. The summed E-state index contributed by atoms with van der Waals surface area (Å²) in [6.45, 7) is 9.01. The molecule has 0 spiro atoms. The van der Waals surface area contributed by atoms with E-state index >= 15 is 0 Å². The summed E-state index contributed by atoms with van der Waals surface area (Å²) in [5.41, 5.74) is 0. The van der Waals surface area contributed by atoms with Crippen LogP contribution >= 0.6 is 0 Å². The van der Waals surface area contributed by atoms with Crippen molar-refractivity contribution in [3.05, 3.63) is 0 Å². The molecule has 1 N–H and O–H groups in total. The fraction of sp³-hybridized carbons (Fsp3) is 1.00. The molecule has 3 heteroatoms. The summed E-state index contributed by atoms with van der Waals surface area (Å²) in [6, 6.07) is 0.709. The average molecular weight is 214 g/mol. The number of methoxy groups -OCH3 is 1. The van der Waals surface area contributed by atoms with Gasteiger partial charge in [0.25, 0.3) is 0 Å². The fourth-order valence-corrected chi connectivity index (χ4v) is 2.24. The Morgan fingerprint density at radius 3 is 2.87 bits per heavy atom. The second-order valence-corrected chi connectivity index (χ2v) is 4.60. The van der Waals surface area contributed by atoms with Crippen LogP contribution in [0.4, 0.5) is 0 Å². The second-order valence-electron chi connectivity index (χ2n) is 4.60. The van der Waals surface area contributed by atoms with Crippen LogP contribution in [-0.2, 0) is 4.74 Å². The molecule has 1 aliphatic heterocycles. The Kier molecular flexibility index (Phi) is 6.22. The third kappa shape index (κ3) is 4.96. The summed E-state index contributed by atoms with van der Waals surface area (Å²) in [5, 5.41) is 3.55. The van der Waals surface area contributed by atoms with E-state index in [4.69, 9.17) is 4.74 Å². The van der Waals surface area contributed by atoms with Gasteiger partial charge < -0.3 is 10.1 Å². The first-order valence-corrected chi connectivity index (χ1v) is 6.24. The van der Waals surface area contributed by atoms with Crippen molar-refractivity contribution < 1.29 is 4.74 Å². The zero-order chi connectivity index (χ0) is 11.1. The molecule has 1 rings (SSSR count). The van der Waals surface area contributed by atoms with E-state index in [9.17, 15) is 0 Å². The molecule has 0 amide bonds. The van der Waals surface area contributed by atoms with Gasteiger partial charge in [-0.3, -0.25) is 4.90 Å². The lowest BCUT2D eigenvalue weighted by atomic mass is 10.2. The summed E-state index contributed by atoms with van der Waals surface area (Å²) >= 11 is 0. The largest absolute Gasteiger partial charge is 0.380 e. The second kappa shape index (κ2) is 7.20. The molecule has 0 aromatic rings. The van der Waals surface area contributed by atoms with Crippen LogP contribution < -0.4 is 5.32 Å². The Balaban J connectivity index is 2.28. The van der Waals surface area contributed by atoms with Crippen LogP contribution in [0.3, 0.4) is 0 Å². The fourth-order valence-electron chi connectivity index (χ4n) is 2.24. The van der Waals surface area contributed by atoms with Gasteiger partial charge in [0.15, 0.2) is 0 Å². The summed E-state index contributed by atoms with van der Waals surface area (Å²) in [7, 11) is 1.79. The highest BCUT2D eigenvalue weighted by atomic mass is 16.5. The van der Waals surface area contributed by atoms with Gasteiger partial charge in [-0.25, -0.2) is 0 Å². The molecular formula is C12H26N2O. The van der Waals surface area contributed by atoms with Gasteiger partial charge in [-0.05, 0) is 39.3 Å². The zero-order valence-electron chi connectivity index (χ0n) is 10.5. The van der Waals surface area contributed by atoms with Gasteiger partial charge in [0, 0.05) is 26.2 Å². The summed E-state index contributed by atoms with van der Waals surface area (Å²) < 4.78 is 5.33. The predicted molar refractivity (Wildman–Crippen MR) is 64.2 cm³/mol. The van der Waals surface area contributed by atoms with Crippen molar-refractivity contribution >= 4 is 0 Å². The molecule has 2 unspecified atom stereocenters. The monoisotopic (exact) mass is 214 g/mol. The van der Waals surface area contributed by atoms with E-state index in [1.807, 2.05) is 0 Å². The van der Waals surface area contributed by atoms with Crippen molar-refractivity contribution in [1.29, 1.82) is 0 Å². The predicted octanol–water partition coefficient (Wildman–Crippen LogP) is 1.49. The molecule has 0 aromatic carbocycles. The van der Waals surface area contributed by atoms with Gasteiger partial charge in [-0.15, -0.1) is 0 Å². The molecule has 1 aliphatic rings. The van der Waals surface area contributed by atoms with Crippen LogP contribution in [0.25, 0.3) is 0 Å². The van der Waals surface area contributed by atoms with Crippen LogP contribution in [0.5, 0.6) is 0 Å². The first-order valence-electron chi connectivity index (χ1n) is 6.24. The Morgan fingerprint density at radius 2 is 2.33 bits per heavy atom. The van der Waals surface area contributed by atoms with Gasteiger partial charge >= 0.3 is 0 Å². The minimum absolute atomic E-state index is 0.345. The highest BCUT2D eigenvalue weighted by molar-refractivity contribution is 4.78. The smallest absolute Gasteiger partial charge is 0.0670 e. The Hall–Kier alpha value is -0.120. The molecule has 90 valence electrons. The Morgan fingerprint density at radius 1 is 1.53 bits per heavy atom. The molecule has 1 heterocycles. The third-order valence-electron chi connectivity index (χ3n) is 3.10. The average Bonchev–Trinajstić information content (AvgIpc) is 2.70. The number of nitrogens with zero attached hydrogens (tertiary/aromatic N) is 1. The Labute approximate surface area is 94.2 Å². The normalized spacial score (nSPS) is 23.6. The van der Waals surface area contributed by atoms with Crippen molar-refractivity contribution in [3.63, 3.8) is 0 Å². The van der Waals surface area contributed by atoms with E-state index < -0.39 is 0 Å². The number of hydrogen-bond acceptors (Lipinski definition) is 3. The first kappa shape index (κ1) is 12.9. The maximum atomic E-state index is 5.33. The highest BCUT2D eigenvalue weighted by Crippen LogP contribution is 2.08. The molecule has 0 aliphatic carbocycles. The lowest BCUT2D eigenvalue weighted by Crippen LogP contribution is -2.41. The molecule has 2 atom stereocenters. The van der Waals surface area contributed by atoms with Gasteiger partial charge in [0.05, 0.1) is 6.10 Å². The number of nitrogens with one attached hydrogen (secondary N) is 1.